The van der Waals surface area contributed by atoms with Gasteiger partial charge in [0.25, 0.3) is 11.5 Å². The fourth-order valence-corrected chi connectivity index (χ4v) is 10.2. The largest absolute Gasteiger partial charge is 0.481 e. The van der Waals surface area contributed by atoms with E-state index >= 15 is 0 Å². The molecule has 60 heavy (non-hydrogen) atoms. The first kappa shape index (κ1) is 46.9. The summed E-state index contributed by atoms with van der Waals surface area (Å²) < 4.78 is 0. The van der Waals surface area contributed by atoms with Crippen molar-refractivity contribution in [2.45, 2.75) is 119 Å². The number of aryl methyl sites for hydroxylation is 1. The summed E-state index contributed by atoms with van der Waals surface area (Å²) in [5.74, 6) is -2.62. The Hall–Kier alpha value is -5.75. The molecular formula is C45H59N5O10. The Labute approximate surface area is 350 Å². The summed E-state index contributed by atoms with van der Waals surface area (Å²) >= 11 is 0. The molecule has 15 nitrogen and oxygen atoms in total. The summed E-state index contributed by atoms with van der Waals surface area (Å²) in [4.78, 5) is 89.5. The molecule has 1 heterocycles. The number of amides is 2. The molecule has 1 aromatic heterocycles. The lowest BCUT2D eigenvalue weighted by Gasteiger charge is -2.67. The number of rotatable bonds is 15. The molecule has 4 rings (SSSR count). The summed E-state index contributed by atoms with van der Waals surface area (Å²) in [6.07, 6.45) is 5.73. The zero-order valence-corrected chi connectivity index (χ0v) is 36.2. The quantitative estimate of drug-likeness (QED) is 0.106. The molecule has 0 bridgehead atoms. The van der Waals surface area contributed by atoms with Gasteiger partial charge < -0.3 is 40.5 Å². The van der Waals surface area contributed by atoms with Crippen LogP contribution < -0.4 is 15.8 Å². The monoisotopic (exact) mass is 829 g/mol. The number of likely N-dealkylation sites (N-methyl/N-ethyl adjacent to an activating group) is 1. The molecule has 1 unspecified atom stereocenters. The molecule has 1 aliphatic carbocycles. The minimum absolute atomic E-state index is 0.135. The first-order valence-corrected chi connectivity index (χ1v) is 19.9. The molecule has 0 radical (unpaired) electrons. The number of carboxylic acid groups (broad SMARTS) is 3. The number of terminal acetylenes is 1. The van der Waals surface area contributed by atoms with Crippen LogP contribution in [0.3, 0.4) is 0 Å². The maximum atomic E-state index is 14.2. The number of aliphatic hydroxyl groups is 1. The van der Waals surface area contributed by atoms with Gasteiger partial charge in [-0.05, 0) is 83.0 Å². The van der Waals surface area contributed by atoms with E-state index in [0.29, 0.717) is 29.4 Å². The average Bonchev–Trinajstić information content (AvgIpc) is 3.54. The number of aromatic amines is 1. The number of benzene rings is 2. The lowest BCUT2D eigenvalue weighted by molar-refractivity contribution is -0.224. The number of nitrogens with one attached hydrogen (secondary N) is 2. The Bertz CT molecular complexity index is 2240. The van der Waals surface area contributed by atoms with Gasteiger partial charge >= 0.3 is 17.9 Å². The normalized spacial score (nSPS) is 15.9. The predicted octanol–water partition coefficient (Wildman–Crippen LogP) is 5.39. The summed E-state index contributed by atoms with van der Waals surface area (Å²) in [7, 11) is 1.33. The summed E-state index contributed by atoms with van der Waals surface area (Å²) in [5, 5.41) is 44.1. The van der Waals surface area contributed by atoms with Crippen molar-refractivity contribution in [3.05, 3.63) is 69.3 Å². The second-order valence-corrected chi connectivity index (χ2v) is 18.8. The molecule has 2 amide bonds. The Morgan fingerprint density at radius 2 is 1.55 bits per heavy atom. The molecule has 0 saturated carbocycles. The van der Waals surface area contributed by atoms with E-state index in [9.17, 15) is 49.2 Å². The number of hydrogen-bond acceptors (Lipinski definition) is 9. The molecule has 2 aromatic carbocycles. The Balaban J connectivity index is 1.59. The van der Waals surface area contributed by atoms with Crippen molar-refractivity contribution in [3.8, 4) is 12.3 Å². The number of carbonyl (C=O) groups excluding carboxylic acids is 2. The lowest BCUT2D eigenvalue weighted by Crippen LogP contribution is -2.77. The fourth-order valence-electron chi connectivity index (χ4n) is 10.2. The third kappa shape index (κ3) is 8.34. The van der Waals surface area contributed by atoms with Gasteiger partial charge in [0.15, 0.2) is 5.54 Å². The molecule has 1 aliphatic rings. The van der Waals surface area contributed by atoms with Crippen LogP contribution in [-0.4, -0.2) is 90.2 Å². The number of anilines is 1. The van der Waals surface area contributed by atoms with Crippen LogP contribution in [0, 0.1) is 34.0 Å². The molecule has 0 saturated heterocycles. The minimum Gasteiger partial charge on any atom is -0.481 e. The van der Waals surface area contributed by atoms with E-state index < -0.39 is 82.4 Å². The molecule has 0 aliphatic heterocycles. The highest BCUT2D eigenvalue weighted by Crippen LogP contribution is 2.66. The lowest BCUT2D eigenvalue weighted by atomic mass is 9.40. The zero-order chi connectivity index (χ0) is 45.3. The van der Waals surface area contributed by atoms with Gasteiger partial charge in [-0.2, -0.15) is 0 Å². The highest BCUT2D eigenvalue weighted by atomic mass is 16.4. The van der Waals surface area contributed by atoms with Crippen LogP contribution in [0.2, 0.25) is 0 Å². The molecule has 0 spiro atoms. The van der Waals surface area contributed by atoms with Gasteiger partial charge in [-0.15, -0.1) is 6.42 Å². The van der Waals surface area contributed by atoms with Crippen molar-refractivity contribution in [2.24, 2.45) is 21.7 Å². The first-order valence-electron chi connectivity index (χ1n) is 19.9. The number of hydrogen-bond donors (Lipinski definition) is 6. The average molecular weight is 830 g/mol. The van der Waals surface area contributed by atoms with E-state index in [1.807, 2.05) is 11.0 Å². The van der Waals surface area contributed by atoms with Crippen LogP contribution in [0.4, 0.5) is 5.69 Å². The smallest absolute Gasteiger partial charge is 0.330 e. The molecular weight excluding hydrogens is 771 g/mol. The Morgan fingerprint density at radius 1 is 0.950 bits per heavy atom. The van der Waals surface area contributed by atoms with Crippen LogP contribution in [0.5, 0.6) is 0 Å². The van der Waals surface area contributed by atoms with E-state index in [1.165, 1.54) is 19.2 Å². The topological polar surface area (TPSA) is 231 Å². The zero-order valence-electron chi connectivity index (χ0n) is 36.2. The number of aliphatic hydroxyl groups excluding tert-OH is 1. The predicted molar refractivity (Wildman–Crippen MR) is 226 cm³/mol. The van der Waals surface area contributed by atoms with E-state index in [2.05, 4.69) is 21.2 Å². The van der Waals surface area contributed by atoms with E-state index in [-0.39, 0.29) is 36.0 Å². The summed E-state index contributed by atoms with van der Waals surface area (Å²) in [6, 6.07) is 8.33. The highest BCUT2D eigenvalue weighted by Gasteiger charge is 2.73. The van der Waals surface area contributed by atoms with Crippen LogP contribution in [0.1, 0.15) is 121 Å². The Kier molecular flexibility index (Phi) is 13.4. The number of fused-ring (bicyclic) bond motifs is 2. The summed E-state index contributed by atoms with van der Waals surface area (Å²) in [5.41, 5.74) is -4.09. The van der Waals surface area contributed by atoms with Crippen molar-refractivity contribution < 1.29 is 44.4 Å². The SMILES string of the molecule is C#CCN(c1ccc(C(=O)N[C@@H](CCC(=O)N(C)[C@@](C(=O)O)(C(C)(C)C)C(CC(=O)O)(C(C)(C)C)C(C)(C)C)C(=O)O)cc1)C1CCc2cc3nc(CO)[nH]c(=O)c3cc21. The first-order chi connectivity index (χ1) is 27.7. The molecule has 3 atom stereocenters. The third-order valence-electron chi connectivity index (χ3n) is 12.4. The molecule has 15 heteroatoms. The van der Waals surface area contributed by atoms with Crippen molar-refractivity contribution in [3.63, 3.8) is 0 Å². The number of nitrogens with zero attached hydrogens (tertiary/aromatic N) is 3. The maximum Gasteiger partial charge on any atom is 0.330 e. The number of aromatic nitrogens is 2. The van der Waals surface area contributed by atoms with E-state index in [0.717, 1.165) is 16.0 Å². The standard InChI is InChI=1S/C45H59N5O10/c1-12-21-50(33-19-15-27-22-32-30(23-29(27)33)38(56)48-34(25-51)46-32)28-16-13-26(14-17-28)37(55)47-31(39(57)58)18-20-35(52)49(11)45(40(59)60,43(8,9)10)44(24-36(53)54,41(2,3)4)42(5,6)7/h1,13-14,16-17,22-23,31,33,51H,15,18-21,24-25H2,2-11H3,(H,47,55)(H,53,54)(H,57,58)(H,59,60)(H,46,48,56)/t31-,33?,45-/m0/s1. The fraction of sp³-hybridized carbons (Fsp3) is 0.533. The maximum absolute atomic E-state index is 14.2. The molecule has 6 N–H and O–H groups in total. The third-order valence-corrected chi connectivity index (χ3v) is 12.4. The second kappa shape index (κ2) is 17.1. The van der Waals surface area contributed by atoms with Gasteiger partial charge in [0.1, 0.15) is 18.5 Å². The van der Waals surface area contributed by atoms with Crippen molar-refractivity contribution in [2.75, 3.05) is 18.5 Å². The van der Waals surface area contributed by atoms with Gasteiger partial charge in [0, 0.05) is 30.1 Å². The van der Waals surface area contributed by atoms with Gasteiger partial charge in [0.2, 0.25) is 5.91 Å². The van der Waals surface area contributed by atoms with Gasteiger partial charge in [-0.1, -0.05) is 68.2 Å². The number of aliphatic carboxylic acids is 3. The molecule has 324 valence electrons. The van der Waals surface area contributed by atoms with Crippen LogP contribution in [0.15, 0.2) is 41.2 Å². The van der Waals surface area contributed by atoms with Gasteiger partial charge in [-0.3, -0.25) is 19.2 Å². The van der Waals surface area contributed by atoms with Gasteiger partial charge in [-0.25, -0.2) is 14.6 Å². The van der Waals surface area contributed by atoms with Crippen molar-refractivity contribution in [1.29, 1.82) is 0 Å². The molecule has 3 aromatic rings. The second-order valence-electron chi connectivity index (χ2n) is 18.8. The minimum atomic E-state index is -2.11. The number of carboxylic acids is 3. The van der Waals surface area contributed by atoms with E-state index in [1.54, 1.807) is 80.5 Å². The van der Waals surface area contributed by atoms with Crippen LogP contribution >= 0.6 is 0 Å². The number of carbonyl (C=O) groups is 5. The number of H-pyrrole nitrogens is 1. The van der Waals surface area contributed by atoms with Crippen LogP contribution in [-0.2, 0) is 32.2 Å². The van der Waals surface area contributed by atoms with Gasteiger partial charge in [0.05, 0.1) is 29.9 Å². The highest BCUT2D eigenvalue weighted by molar-refractivity contribution is 5.97. The van der Waals surface area contributed by atoms with E-state index in [4.69, 9.17) is 6.42 Å². The van der Waals surface area contributed by atoms with Crippen molar-refractivity contribution in [1.82, 2.24) is 20.2 Å². The molecule has 0 fully saturated rings. The summed E-state index contributed by atoms with van der Waals surface area (Å²) in [6.45, 7) is 15.4. The van der Waals surface area contributed by atoms with Crippen LogP contribution in [0.25, 0.3) is 10.9 Å². The Morgan fingerprint density at radius 3 is 2.03 bits per heavy atom. The van der Waals surface area contributed by atoms with Crippen molar-refractivity contribution >= 4 is 46.3 Å².